The van der Waals surface area contributed by atoms with Crippen LogP contribution in [-0.4, -0.2) is 55.5 Å². The Hall–Kier alpha value is -2.35. The van der Waals surface area contributed by atoms with Gasteiger partial charge in [0.25, 0.3) is 0 Å². The number of terminal acetylenes is 1. The van der Waals surface area contributed by atoms with Gasteiger partial charge in [0.1, 0.15) is 0 Å². The van der Waals surface area contributed by atoms with E-state index in [0.29, 0.717) is 18.2 Å². The molecule has 1 N–H and O–H groups in total. The lowest BCUT2D eigenvalue weighted by Crippen LogP contribution is -2.36. The lowest BCUT2D eigenvalue weighted by molar-refractivity contribution is -0.131. The minimum Gasteiger partial charge on any atom is -0.341 e. The van der Waals surface area contributed by atoms with Gasteiger partial charge in [0.15, 0.2) is 0 Å². The number of carbonyl (C=O) groups is 1. The summed E-state index contributed by atoms with van der Waals surface area (Å²) >= 11 is 0. The standard InChI is InChI=1S/C18H29N3O.C7H12.C2H6.C2H2/c1-16-13-20(15-17-7-4-3-5-8-17)11-12-21(14-16)18(22)9-6-10-19-2;1-3-5-7-6-4-2;2*1-2/h3-5,7-8,16,19H,6,9-15H2,1-2H3;3-6H,7H2,1-2H3;1-2H3;1-2H/b;5-3-,6-4-;;. The van der Waals surface area contributed by atoms with Crippen LogP contribution in [0.25, 0.3) is 0 Å². The maximum absolute atomic E-state index is 12.3. The molecule has 0 spiro atoms. The molecule has 1 aromatic carbocycles. The highest BCUT2D eigenvalue weighted by atomic mass is 16.2. The lowest BCUT2D eigenvalue weighted by Gasteiger charge is -2.22. The third-order valence-electron chi connectivity index (χ3n) is 4.95. The van der Waals surface area contributed by atoms with Crippen LogP contribution in [0, 0.1) is 18.8 Å². The van der Waals surface area contributed by atoms with Crippen LogP contribution >= 0.6 is 0 Å². The minimum absolute atomic E-state index is 0.309. The third kappa shape index (κ3) is 17.8. The van der Waals surface area contributed by atoms with E-state index >= 15 is 0 Å². The molecule has 1 unspecified atom stereocenters. The van der Waals surface area contributed by atoms with Crippen LogP contribution in [-0.2, 0) is 11.3 Å². The molecular weight excluding hydrogens is 406 g/mol. The van der Waals surface area contributed by atoms with Crippen molar-refractivity contribution in [3.63, 3.8) is 0 Å². The Morgan fingerprint density at radius 3 is 2.21 bits per heavy atom. The maximum Gasteiger partial charge on any atom is 0.222 e. The molecular formula is C29H49N3O. The molecule has 186 valence electrons. The van der Waals surface area contributed by atoms with Crippen LogP contribution < -0.4 is 5.32 Å². The van der Waals surface area contributed by atoms with E-state index in [1.54, 1.807) is 0 Å². The van der Waals surface area contributed by atoms with Crippen molar-refractivity contribution in [1.82, 2.24) is 15.1 Å². The Kier molecular flexibility index (Phi) is 24.2. The average molecular weight is 456 g/mol. The molecule has 4 nitrogen and oxygen atoms in total. The summed E-state index contributed by atoms with van der Waals surface area (Å²) in [6.07, 6.45) is 19.0. The molecule has 1 heterocycles. The number of amides is 1. The topological polar surface area (TPSA) is 35.6 Å². The number of allylic oxidation sites excluding steroid dienone is 4. The zero-order valence-corrected chi connectivity index (χ0v) is 22.1. The molecule has 0 aliphatic carbocycles. The molecule has 1 amide bonds. The third-order valence-corrected chi connectivity index (χ3v) is 4.95. The van der Waals surface area contributed by atoms with Crippen molar-refractivity contribution in [1.29, 1.82) is 0 Å². The van der Waals surface area contributed by atoms with Gasteiger partial charge in [-0.2, -0.15) is 0 Å². The summed E-state index contributed by atoms with van der Waals surface area (Å²) in [5, 5.41) is 3.10. The van der Waals surface area contributed by atoms with Gasteiger partial charge in [-0.3, -0.25) is 9.69 Å². The fraction of sp³-hybridized carbons (Fsp3) is 0.552. The SMILES string of the molecule is C#C.C/C=C\C/C=C\C.CC.CNCCCC(=O)N1CCN(Cc2ccccc2)CC(C)C1. The van der Waals surface area contributed by atoms with E-state index < -0.39 is 0 Å². The summed E-state index contributed by atoms with van der Waals surface area (Å²) in [6.45, 7) is 16.0. The molecule has 1 aliphatic rings. The first-order valence-electron chi connectivity index (χ1n) is 12.3. The Bertz CT molecular complexity index is 627. The van der Waals surface area contributed by atoms with Crippen molar-refractivity contribution in [2.24, 2.45) is 5.92 Å². The molecule has 1 aliphatic heterocycles. The van der Waals surface area contributed by atoms with Gasteiger partial charge in [0, 0.05) is 39.1 Å². The number of nitrogens with zero attached hydrogens (tertiary/aromatic N) is 2. The molecule has 33 heavy (non-hydrogen) atoms. The zero-order valence-electron chi connectivity index (χ0n) is 22.1. The average Bonchev–Trinajstić information content (AvgIpc) is 3.04. The van der Waals surface area contributed by atoms with E-state index in [1.165, 1.54) is 5.56 Å². The van der Waals surface area contributed by atoms with Crippen molar-refractivity contribution in [3.8, 4) is 12.8 Å². The van der Waals surface area contributed by atoms with Crippen molar-refractivity contribution in [2.75, 3.05) is 39.8 Å². The van der Waals surface area contributed by atoms with Crippen LogP contribution in [0.1, 0.15) is 59.4 Å². The van der Waals surface area contributed by atoms with E-state index in [9.17, 15) is 4.79 Å². The Morgan fingerprint density at radius 2 is 1.67 bits per heavy atom. The van der Waals surface area contributed by atoms with Crippen molar-refractivity contribution < 1.29 is 4.79 Å². The van der Waals surface area contributed by atoms with Gasteiger partial charge < -0.3 is 10.2 Å². The fourth-order valence-corrected chi connectivity index (χ4v) is 3.46. The number of carbonyl (C=O) groups excluding carboxylic acids is 1. The predicted octanol–water partition coefficient (Wildman–Crippen LogP) is 5.77. The second kappa shape index (κ2) is 24.3. The van der Waals surface area contributed by atoms with Crippen LogP contribution in [0.3, 0.4) is 0 Å². The molecule has 0 aromatic heterocycles. The van der Waals surface area contributed by atoms with E-state index in [4.69, 9.17) is 0 Å². The quantitative estimate of drug-likeness (QED) is 0.307. The summed E-state index contributed by atoms with van der Waals surface area (Å²) in [4.78, 5) is 16.8. The van der Waals surface area contributed by atoms with Crippen LogP contribution in [0.2, 0.25) is 0 Å². The summed E-state index contributed by atoms with van der Waals surface area (Å²) < 4.78 is 0. The second-order valence-electron chi connectivity index (χ2n) is 7.75. The van der Waals surface area contributed by atoms with Gasteiger partial charge in [-0.15, -0.1) is 12.8 Å². The van der Waals surface area contributed by atoms with Crippen molar-refractivity contribution in [3.05, 3.63) is 60.2 Å². The first kappa shape index (κ1) is 32.8. The molecule has 1 fully saturated rings. The first-order valence-corrected chi connectivity index (χ1v) is 12.3. The summed E-state index contributed by atoms with van der Waals surface area (Å²) in [5.74, 6) is 0.836. The largest absolute Gasteiger partial charge is 0.341 e. The van der Waals surface area contributed by atoms with E-state index in [-0.39, 0.29) is 0 Å². The fourth-order valence-electron chi connectivity index (χ4n) is 3.46. The summed E-state index contributed by atoms with van der Waals surface area (Å²) in [5.41, 5.74) is 1.35. The van der Waals surface area contributed by atoms with Gasteiger partial charge in [-0.05, 0) is 51.8 Å². The molecule has 2 rings (SSSR count). The molecule has 4 heteroatoms. The number of rotatable bonds is 8. The predicted molar refractivity (Wildman–Crippen MR) is 146 cm³/mol. The molecule has 1 atom stereocenters. The number of nitrogens with one attached hydrogen (secondary N) is 1. The normalized spacial score (nSPS) is 16.0. The van der Waals surface area contributed by atoms with E-state index in [2.05, 4.69) is 89.5 Å². The van der Waals surface area contributed by atoms with Crippen LogP contribution in [0.15, 0.2) is 54.6 Å². The van der Waals surface area contributed by atoms with Gasteiger partial charge in [-0.1, -0.05) is 75.4 Å². The Morgan fingerprint density at radius 1 is 1.06 bits per heavy atom. The minimum atomic E-state index is 0.309. The monoisotopic (exact) mass is 455 g/mol. The maximum atomic E-state index is 12.3. The van der Waals surface area contributed by atoms with Crippen molar-refractivity contribution >= 4 is 5.91 Å². The molecule has 0 radical (unpaired) electrons. The van der Waals surface area contributed by atoms with Crippen LogP contribution in [0.5, 0.6) is 0 Å². The molecule has 1 aromatic rings. The van der Waals surface area contributed by atoms with Gasteiger partial charge in [0.05, 0.1) is 0 Å². The second-order valence-corrected chi connectivity index (χ2v) is 7.75. The van der Waals surface area contributed by atoms with Gasteiger partial charge in [0.2, 0.25) is 5.91 Å². The molecule has 0 saturated carbocycles. The lowest BCUT2D eigenvalue weighted by atomic mass is 10.1. The van der Waals surface area contributed by atoms with E-state index in [0.717, 1.165) is 52.1 Å². The van der Waals surface area contributed by atoms with E-state index in [1.807, 2.05) is 34.7 Å². The number of hydrogen-bond donors (Lipinski definition) is 1. The van der Waals surface area contributed by atoms with Crippen molar-refractivity contribution in [2.45, 2.75) is 60.4 Å². The Balaban J connectivity index is 0. The Labute approximate surface area is 205 Å². The molecule has 0 bridgehead atoms. The highest BCUT2D eigenvalue weighted by molar-refractivity contribution is 5.76. The van der Waals surface area contributed by atoms with Gasteiger partial charge in [-0.25, -0.2) is 0 Å². The molecule has 1 saturated heterocycles. The van der Waals surface area contributed by atoms with Gasteiger partial charge >= 0.3 is 0 Å². The first-order chi connectivity index (χ1) is 16.1. The number of benzene rings is 1. The zero-order chi connectivity index (χ0) is 25.3. The smallest absolute Gasteiger partial charge is 0.222 e. The van der Waals surface area contributed by atoms with Crippen LogP contribution in [0.4, 0.5) is 0 Å². The summed E-state index contributed by atoms with van der Waals surface area (Å²) in [6, 6.07) is 10.6. The highest BCUT2D eigenvalue weighted by Crippen LogP contribution is 2.14. The number of hydrogen-bond acceptors (Lipinski definition) is 3. The highest BCUT2D eigenvalue weighted by Gasteiger charge is 2.22. The summed E-state index contributed by atoms with van der Waals surface area (Å²) in [7, 11) is 1.93.